The molecule has 0 bridgehead atoms. The van der Waals surface area contributed by atoms with Crippen molar-refractivity contribution in [2.75, 3.05) is 0 Å². The van der Waals surface area contributed by atoms with Gasteiger partial charge in [0.15, 0.2) is 6.61 Å². The van der Waals surface area contributed by atoms with Gasteiger partial charge in [0.05, 0.1) is 12.4 Å². The second-order valence-electron chi connectivity index (χ2n) is 3.36. The Morgan fingerprint density at radius 1 is 1.71 bits per heavy atom. The predicted molar refractivity (Wildman–Crippen MR) is 66.1 cm³/mol. The Labute approximate surface area is 101 Å². The summed E-state index contributed by atoms with van der Waals surface area (Å²) in [5.41, 5.74) is 1.24. The van der Waals surface area contributed by atoms with Crippen LogP contribution in [0.5, 0.6) is 0 Å². The standard InChI is InChI=1S/C13H14N2O2/c1-5-12(10(2)3)15-8-11(4)17-9-13-14-6-7-16-13/h1,6-8H,2,9H2,3-4H3/b11-8+,15-12?. The zero-order chi connectivity index (χ0) is 12.7. The maximum atomic E-state index is 5.36. The Morgan fingerprint density at radius 3 is 3.00 bits per heavy atom. The molecule has 0 aliphatic carbocycles. The first-order valence-corrected chi connectivity index (χ1v) is 5.01. The highest BCUT2D eigenvalue weighted by atomic mass is 16.5. The van der Waals surface area contributed by atoms with Crippen LogP contribution < -0.4 is 0 Å². The third-order valence-corrected chi connectivity index (χ3v) is 1.82. The molecule has 0 atom stereocenters. The quantitative estimate of drug-likeness (QED) is 0.444. The Hall–Kier alpha value is -2.28. The summed E-state index contributed by atoms with van der Waals surface area (Å²) in [5.74, 6) is 3.58. The fourth-order valence-corrected chi connectivity index (χ4v) is 0.963. The van der Waals surface area contributed by atoms with Crippen LogP contribution in [0.4, 0.5) is 0 Å². The first kappa shape index (κ1) is 12.8. The van der Waals surface area contributed by atoms with E-state index in [0.29, 0.717) is 17.4 Å². The molecule has 0 amide bonds. The van der Waals surface area contributed by atoms with Gasteiger partial charge in [-0.3, -0.25) is 0 Å². The third kappa shape index (κ3) is 4.39. The van der Waals surface area contributed by atoms with Gasteiger partial charge in [-0.25, -0.2) is 9.98 Å². The molecule has 0 saturated heterocycles. The van der Waals surface area contributed by atoms with Crippen molar-refractivity contribution in [1.29, 1.82) is 0 Å². The normalized spacial score (nSPS) is 12.1. The van der Waals surface area contributed by atoms with Crippen LogP contribution in [0.2, 0.25) is 0 Å². The lowest BCUT2D eigenvalue weighted by atomic mass is 10.2. The lowest BCUT2D eigenvalue weighted by molar-refractivity contribution is 0.173. The topological polar surface area (TPSA) is 47.6 Å². The number of allylic oxidation sites excluding steroid dienone is 2. The monoisotopic (exact) mass is 230 g/mol. The van der Waals surface area contributed by atoms with Crippen molar-refractivity contribution < 1.29 is 9.15 Å². The molecule has 0 fully saturated rings. The fraction of sp³-hybridized carbons (Fsp3) is 0.231. The molecule has 1 aromatic heterocycles. The molecule has 0 unspecified atom stereocenters. The van der Waals surface area contributed by atoms with Crippen LogP contribution in [0.25, 0.3) is 0 Å². The largest absolute Gasteiger partial charge is 0.487 e. The average molecular weight is 230 g/mol. The molecule has 1 rings (SSSR count). The summed E-state index contributed by atoms with van der Waals surface area (Å²) in [5, 5.41) is 0. The smallest absolute Gasteiger partial charge is 0.232 e. The summed E-state index contributed by atoms with van der Waals surface area (Å²) in [6.45, 7) is 7.57. The van der Waals surface area contributed by atoms with Crippen molar-refractivity contribution in [3.63, 3.8) is 0 Å². The number of hydrogen-bond donors (Lipinski definition) is 0. The first-order chi connectivity index (χ1) is 8.13. The minimum absolute atomic E-state index is 0.267. The van der Waals surface area contributed by atoms with Gasteiger partial charge in [-0.05, 0) is 19.4 Å². The molecule has 17 heavy (non-hydrogen) atoms. The van der Waals surface area contributed by atoms with Gasteiger partial charge in [-0.2, -0.15) is 0 Å². The number of ether oxygens (including phenoxy) is 1. The van der Waals surface area contributed by atoms with Crippen molar-refractivity contribution in [3.05, 3.63) is 42.5 Å². The van der Waals surface area contributed by atoms with E-state index < -0.39 is 0 Å². The number of oxazole rings is 1. The lowest BCUT2D eigenvalue weighted by Gasteiger charge is -2.02. The molecule has 0 saturated carbocycles. The number of rotatable bonds is 5. The van der Waals surface area contributed by atoms with E-state index in [-0.39, 0.29) is 6.61 Å². The first-order valence-electron chi connectivity index (χ1n) is 5.01. The third-order valence-electron chi connectivity index (χ3n) is 1.82. The maximum Gasteiger partial charge on any atom is 0.232 e. The van der Waals surface area contributed by atoms with E-state index >= 15 is 0 Å². The highest BCUT2D eigenvalue weighted by molar-refractivity contribution is 6.11. The van der Waals surface area contributed by atoms with Crippen LogP contribution in [0.15, 0.2) is 46.0 Å². The summed E-state index contributed by atoms with van der Waals surface area (Å²) in [6, 6.07) is 0. The Bertz CT molecular complexity index is 476. The van der Waals surface area contributed by atoms with Gasteiger partial charge in [-0.15, -0.1) is 6.42 Å². The summed E-state index contributed by atoms with van der Waals surface area (Å²) in [6.07, 6.45) is 9.88. The van der Waals surface area contributed by atoms with Crippen LogP contribution in [-0.2, 0) is 11.3 Å². The molecule has 0 radical (unpaired) electrons. The van der Waals surface area contributed by atoms with E-state index in [2.05, 4.69) is 22.5 Å². The Kier molecular flexibility index (Phi) is 4.77. The second-order valence-corrected chi connectivity index (χ2v) is 3.36. The van der Waals surface area contributed by atoms with E-state index in [1.165, 1.54) is 6.26 Å². The van der Waals surface area contributed by atoms with Gasteiger partial charge in [0.25, 0.3) is 0 Å². The lowest BCUT2D eigenvalue weighted by Crippen LogP contribution is -1.94. The molecule has 0 aliphatic rings. The van der Waals surface area contributed by atoms with Crippen LogP contribution in [0, 0.1) is 12.3 Å². The van der Waals surface area contributed by atoms with Gasteiger partial charge in [0, 0.05) is 0 Å². The number of terminal acetylenes is 1. The molecule has 88 valence electrons. The summed E-state index contributed by atoms with van der Waals surface area (Å²) >= 11 is 0. The van der Waals surface area contributed by atoms with Crippen LogP contribution in [0.1, 0.15) is 19.7 Å². The fourth-order valence-electron chi connectivity index (χ4n) is 0.963. The van der Waals surface area contributed by atoms with Gasteiger partial charge in [0.2, 0.25) is 5.89 Å². The Morgan fingerprint density at radius 2 is 2.47 bits per heavy atom. The van der Waals surface area contributed by atoms with E-state index in [4.69, 9.17) is 15.6 Å². The summed E-state index contributed by atoms with van der Waals surface area (Å²) < 4.78 is 10.4. The minimum Gasteiger partial charge on any atom is -0.487 e. The van der Waals surface area contributed by atoms with Gasteiger partial charge in [0.1, 0.15) is 17.7 Å². The van der Waals surface area contributed by atoms with E-state index in [1.807, 2.05) is 0 Å². The summed E-state index contributed by atoms with van der Waals surface area (Å²) in [7, 11) is 0. The van der Waals surface area contributed by atoms with Crippen LogP contribution in [0.3, 0.4) is 0 Å². The molecular weight excluding hydrogens is 216 g/mol. The summed E-state index contributed by atoms with van der Waals surface area (Å²) in [4.78, 5) is 8.01. The molecule has 0 spiro atoms. The highest BCUT2D eigenvalue weighted by Gasteiger charge is 1.98. The molecular formula is C13H14N2O2. The highest BCUT2D eigenvalue weighted by Crippen LogP contribution is 2.04. The van der Waals surface area contributed by atoms with Crippen molar-refractivity contribution in [3.8, 4) is 12.3 Å². The molecule has 1 aromatic rings. The average Bonchev–Trinajstić information content (AvgIpc) is 2.79. The van der Waals surface area contributed by atoms with Crippen molar-refractivity contribution in [1.82, 2.24) is 4.98 Å². The van der Waals surface area contributed by atoms with Gasteiger partial charge < -0.3 is 9.15 Å². The molecule has 1 heterocycles. The molecule has 4 heteroatoms. The molecule has 4 nitrogen and oxygen atoms in total. The zero-order valence-electron chi connectivity index (χ0n) is 9.93. The SMILES string of the molecule is C#CC(=N/C=C(\C)OCc1ncco1)C(=C)C. The number of aliphatic imine (C=N–C) groups is 1. The number of nitrogens with zero attached hydrogens (tertiary/aromatic N) is 2. The zero-order valence-corrected chi connectivity index (χ0v) is 9.93. The van der Waals surface area contributed by atoms with E-state index in [0.717, 1.165) is 5.57 Å². The van der Waals surface area contributed by atoms with Crippen molar-refractivity contribution in [2.45, 2.75) is 20.5 Å². The maximum absolute atomic E-state index is 5.36. The Balaban J connectivity index is 2.55. The van der Waals surface area contributed by atoms with Gasteiger partial charge in [-0.1, -0.05) is 12.5 Å². The molecule has 0 N–H and O–H groups in total. The predicted octanol–water partition coefficient (Wildman–Crippen LogP) is 2.70. The van der Waals surface area contributed by atoms with Crippen molar-refractivity contribution in [2.24, 2.45) is 4.99 Å². The molecule has 0 aromatic carbocycles. The molecule has 0 aliphatic heterocycles. The van der Waals surface area contributed by atoms with E-state index in [1.54, 1.807) is 26.2 Å². The minimum atomic E-state index is 0.267. The van der Waals surface area contributed by atoms with E-state index in [9.17, 15) is 0 Å². The number of hydrogen-bond acceptors (Lipinski definition) is 4. The van der Waals surface area contributed by atoms with Crippen LogP contribution >= 0.6 is 0 Å². The van der Waals surface area contributed by atoms with Crippen LogP contribution in [-0.4, -0.2) is 10.7 Å². The van der Waals surface area contributed by atoms with Crippen molar-refractivity contribution >= 4 is 5.71 Å². The number of aromatic nitrogens is 1. The van der Waals surface area contributed by atoms with Gasteiger partial charge >= 0.3 is 0 Å². The second kappa shape index (κ2) is 6.33.